The zero-order valence-corrected chi connectivity index (χ0v) is 21.4. The molecule has 0 spiro atoms. The van der Waals surface area contributed by atoms with Crippen LogP contribution in [0, 0.1) is 33.6 Å². The maximum Gasteiger partial charge on any atom is 0.348 e. The monoisotopic (exact) mass is 486 g/mol. The number of carboxylic acid groups (broad SMARTS) is 1. The Kier molecular flexibility index (Phi) is 7.31. The number of ether oxygens (including phenoxy) is 2. The number of likely N-dealkylation sites (N-methyl/N-ethyl adjacent to an activating group) is 1. The fourth-order valence-corrected chi connectivity index (χ4v) is 4.63. The fraction of sp³-hybridized carbons (Fsp3) is 0.500. The molecule has 2 N–H and O–H groups in total. The van der Waals surface area contributed by atoms with Gasteiger partial charge in [0, 0.05) is 30.3 Å². The van der Waals surface area contributed by atoms with Gasteiger partial charge in [0.05, 0.1) is 12.2 Å². The standard InChI is InChI=1S/C26H34N2O7/c1-14-15(2)24-19(16(3)23(14)34-21(30)13-27(6)7)12-18(26(5,35-24)25(32)33)8-10-28-11-9-20(29)22(31)17(28)4/h9,11,18,31H,8,10,12-13H2,1-7H3,(H,32,33). The van der Waals surface area contributed by atoms with Crippen LogP contribution >= 0.6 is 0 Å². The highest BCUT2D eigenvalue weighted by Gasteiger charge is 2.48. The molecular formula is C26H34N2O7. The third-order valence-corrected chi connectivity index (χ3v) is 7.07. The highest BCUT2D eigenvalue weighted by atomic mass is 16.5. The van der Waals surface area contributed by atoms with Gasteiger partial charge in [0.25, 0.3) is 0 Å². The van der Waals surface area contributed by atoms with Crippen molar-refractivity contribution >= 4 is 11.9 Å². The van der Waals surface area contributed by atoms with E-state index in [1.807, 2.05) is 20.8 Å². The second-order valence-electron chi connectivity index (χ2n) is 9.74. The molecular weight excluding hydrogens is 452 g/mol. The van der Waals surface area contributed by atoms with Crippen LogP contribution in [0.5, 0.6) is 17.2 Å². The summed E-state index contributed by atoms with van der Waals surface area (Å²) in [6.45, 7) is 9.28. The van der Waals surface area contributed by atoms with Crippen molar-refractivity contribution in [3.63, 3.8) is 0 Å². The number of pyridine rings is 1. The number of carboxylic acids is 1. The number of nitrogens with zero attached hydrogens (tertiary/aromatic N) is 2. The van der Waals surface area contributed by atoms with Gasteiger partial charge in [-0.25, -0.2) is 4.79 Å². The molecule has 1 aromatic heterocycles. The molecule has 2 atom stereocenters. The number of aryl methyl sites for hydroxylation is 1. The summed E-state index contributed by atoms with van der Waals surface area (Å²) in [6, 6.07) is 1.29. The first-order valence-corrected chi connectivity index (χ1v) is 11.6. The second-order valence-corrected chi connectivity index (χ2v) is 9.74. The van der Waals surface area contributed by atoms with Crippen molar-refractivity contribution in [1.82, 2.24) is 9.47 Å². The van der Waals surface area contributed by atoms with Crippen LogP contribution in [0.3, 0.4) is 0 Å². The predicted molar refractivity (Wildman–Crippen MR) is 130 cm³/mol. The van der Waals surface area contributed by atoms with Crippen molar-refractivity contribution in [3.8, 4) is 17.2 Å². The average Bonchev–Trinajstić information content (AvgIpc) is 2.78. The Bertz CT molecular complexity index is 1230. The van der Waals surface area contributed by atoms with Gasteiger partial charge in [-0.05, 0) is 78.2 Å². The lowest BCUT2D eigenvalue weighted by Gasteiger charge is -2.41. The van der Waals surface area contributed by atoms with E-state index in [0.717, 1.165) is 22.3 Å². The Hall–Kier alpha value is -3.33. The summed E-state index contributed by atoms with van der Waals surface area (Å²) in [5.74, 6) is -1.17. The molecule has 0 amide bonds. The molecule has 1 aliphatic heterocycles. The van der Waals surface area contributed by atoms with Gasteiger partial charge in [-0.1, -0.05) is 0 Å². The number of benzene rings is 1. The number of carbonyl (C=O) groups is 2. The molecule has 2 unspecified atom stereocenters. The summed E-state index contributed by atoms with van der Waals surface area (Å²) < 4.78 is 13.7. The smallest absolute Gasteiger partial charge is 0.348 e. The van der Waals surface area contributed by atoms with Crippen LogP contribution in [0.4, 0.5) is 0 Å². The Balaban J connectivity index is 2.00. The predicted octanol–water partition coefficient (Wildman–Crippen LogP) is 2.74. The van der Waals surface area contributed by atoms with Crippen LogP contribution in [0.15, 0.2) is 17.1 Å². The van der Waals surface area contributed by atoms with E-state index in [4.69, 9.17) is 9.47 Å². The van der Waals surface area contributed by atoms with Gasteiger partial charge >= 0.3 is 11.9 Å². The van der Waals surface area contributed by atoms with Crippen LogP contribution in [0.25, 0.3) is 0 Å². The molecule has 3 rings (SSSR count). The fourth-order valence-electron chi connectivity index (χ4n) is 4.63. The molecule has 0 fully saturated rings. The summed E-state index contributed by atoms with van der Waals surface area (Å²) in [5.41, 5.74) is 1.54. The molecule has 0 radical (unpaired) electrons. The molecule has 190 valence electrons. The van der Waals surface area contributed by atoms with Crippen molar-refractivity contribution < 1.29 is 29.3 Å². The summed E-state index contributed by atoms with van der Waals surface area (Å²) in [5, 5.41) is 20.1. The number of hydrogen-bond donors (Lipinski definition) is 2. The average molecular weight is 487 g/mol. The molecule has 0 saturated heterocycles. The number of rotatable bonds is 7. The number of esters is 1. The van der Waals surface area contributed by atoms with E-state index >= 15 is 0 Å². The minimum atomic E-state index is -1.48. The third kappa shape index (κ3) is 4.91. The Morgan fingerprint density at radius 3 is 2.46 bits per heavy atom. The SMILES string of the molecule is Cc1c(C)c2c(c(C)c1OC(=O)CN(C)C)CC(CCn1ccc(=O)c(O)c1C)C(C)(C(=O)O)O2. The first-order chi connectivity index (χ1) is 16.3. The van der Waals surface area contributed by atoms with E-state index in [1.54, 1.807) is 43.6 Å². The maximum absolute atomic E-state index is 12.4. The largest absolute Gasteiger partial charge is 0.503 e. The highest BCUT2D eigenvalue weighted by Crippen LogP contribution is 2.46. The zero-order valence-electron chi connectivity index (χ0n) is 21.4. The molecule has 0 saturated carbocycles. The Labute approximate surface area is 204 Å². The van der Waals surface area contributed by atoms with Crippen molar-refractivity contribution in [2.24, 2.45) is 5.92 Å². The highest BCUT2D eigenvalue weighted by molar-refractivity contribution is 5.80. The molecule has 35 heavy (non-hydrogen) atoms. The molecule has 9 nitrogen and oxygen atoms in total. The first-order valence-electron chi connectivity index (χ1n) is 11.6. The van der Waals surface area contributed by atoms with Gasteiger partial charge in [-0.15, -0.1) is 0 Å². The molecule has 0 bridgehead atoms. The second kappa shape index (κ2) is 9.73. The molecule has 2 heterocycles. The summed E-state index contributed by atoms with van der Waals surface area (Å²) in [4.78, 5) is 38.2. The quantitative estimate of drug-likeness (QED) is 0.453. The van der Waals surface area contributed by atoms with E-state index < -0.39 is 22.9 Å². The van der Waals surface area contributed by atoms with Gasteiger partial charge < -0.3 is 24.3 Å². The maximum atomic E-state index is 12.4. The topological polar surface area (TPSA) is 118 Å². The van der Waals surface area contributed by atoms with Gasteiger partial charge in [0.1, 0.15) is 11.5 Å². The Morgan fingerprint density at radius 2 is 1.86 bits per heavy atom. The van der Waals surface area contributed by atoms with Crippen LogP contribution in [-0.2, 0) is 22.6 Å². The van der Waals surface area contributed by atoms with E-state index in [1.165, 1.54) is 6.07 Å². The first kappa shape index (κ1) is 26.3. The van der Waals surface area contributed by atoms with Crippen LogP contribution < -0.4 is 14.9 Å². The van der Waals surface area contributed by atoms with Gasteiger partial charge in [0.15, 0.2) is 5.75 Å². The van der Waals surface area contributed by atoms with Crippen LogP contribution in [0.1, 0.15) is 41.3 Å². The number of aromatic hydroxyl groups is 1. The zero-order chi connectivity index (χ0) is 26.2. The van der Waals surface area contributed by atoms with E-state index in [0.29, 0.717) is 36.6 Å². The lowest BCUT2D eigenvalue weighted by molar-refractivity contribution is -0.160. The molecule has 1 aromatic carbocycles. The number of carbonyl (C=O) groups excluding carboxylic acids is 1. The number of aliphatic carboxylic acids is 1. The molecule has 1 aliphatic rings. The molecule has 9 heteroatoms. The van der Waals surface area contributed by atoms with Crippen molar-refractivity contribution in [3.05, 3.63) is 50.4 Å². The van der Waals surface area contributed by atoms with Crippen molar-refractivity contribution in [2.75, 3.05) is 20.6 Å². The van der Waals surface area contributed by atoms with Gasteiger partial charge in [-0.3, -0.25) is 14.5 Å². The Morgan fingerprint density at radius 1 is 1.20 bits per heavy atom. The van der Waals surface area contributed by atoms with Crippen LogP contribution in [-0.4, -0.2) is 57.9 Å². The van der Waals surface area contributed by atoms with Gasteiger partial charge in [-0.2, -0.15) is 0 Å². The van der Waals surface area contributed by atoms with E-state index in [-0.39, 0.29) is 18.3 Å². The minimum Gasteiger partial charge on any atom is -0.503 e. The summed E-state index contributed by atoms with van der Waals surface area (Å²) in [7, 11) is 3.57. The molecule has 2 aromatic rings. The normalized spacial score (nSPS) is 19.3. The summed E-state index contributed by atoms with van der Waals surface area (Å²) in [6.07, 6.45) is 2.43. The molecule has 0 aliphatic carbocycles. The number of aromatic nitrogens is 1. The summed E-state index contributed by atoms with van der Waals surface area (Å²) >= 11 is 0. The third-order valence-electron chi connectivity index (χ3n) is 7.07. The van der Waals surface area contributed by atoms with Crippen molar-refractivity contribution in [1.29, 1.82) is 0 Å². The number of hydrogen-bond acceptors (Lipinski definition) is 7. The van der Waals surface area contributed by atoms with Crippen LogP contribution in [0.2, 0.25) is 0 Å². The lowest BCUT2D eigenvalue weighted by atomic mass is 9.77. The van der Waals surface area contributed by atoms with Crippen molar-refractivity contribution in [2.45, 2.75) is 59.6 Å². The lowest BCUT2D eigenvalue weighted by Crippen LogP contribution is -2.52. The van der Waals surface area contributed by atoms with Gasteiger partial charge in [0.2, 0.25) is 11.0 Å². The minimum absolute atomic E-state index is 0.136. The number of fused-ring (bicyclic) bond motifs is 1. The van der Waals surface area contributed by atoms with E-state index in [2.05, 4.69) is 0 Å². The van der Waals surface area contributed by atoms with E-state index in [9.17, 15) is 24.6 Å².